The van der Waals surface area contributed by atoms with Crippen molar-refractivity contribution in [2.24, 2.45) is 11.8 Å². The Hall–Kier alpha value is -1.25. The maximum atomic E-state index is 13.4. The summed E-state index contributed by atoms with van der Waals surface area (Å²) in [5, 5.41) is 4.25. The highest BCUT2D eigenvalue weighted by atomic mass is 32.2. The van der Waals surface area contributed by atoms with E-state index in [9.17, 15) is 12.8 Å². The summed E-state index contributed by atoms with van der Waals surface area (Å²) >= 11 is 5.57. The highest BCUT2D eigenvalue weighted by molar-refractivity contribution is 7.89. The number of hydrogen-bond acceptors (Lipinski definition) is 3. The van der Waals surface area contributed by atoms with E-state index in [-0.39, 0.29) is 4.90 Å². The number of fused-ring (bicyclic) bond motifs is 2. The maximum absolute atomic E-state index is 13.4. The summed E-state index contributed by atoms with van der Waals surface area (Å²) in [4.78, 5) is 2.06. The number of benzene rings is 1. The van der Waals surface area contributed by atoms with Gasteiger partial charge in [-0.1, -0.05) is 12.5 Å². The van der Waals surface area contributed by atoms with Crippen LogP contribution < -0.4 is 5.32 Å². The number of nitrogens with one attached hydrogen (secondary N) is 1. The van der Waals surface area contributed by atoms with Crippen LogP contribution in [0.5, 0.6) is 0 Å². The molecule has 4 rings (SSSR count). The lowest BCUT2D eigenvalue weighted by Gasteiger charge is -2.37. The van der Waals surface area contributed by atoms with E-state index in [0.717, 1.165) is 23.0 Å². The van der Waals surface area contributed by atoms with Crippen LogP contribution in [0.25, 0.3) is 0 Å². The lowest BCUT2D eigenvalue weighted by molar-refractivity contribution is 0.258. The molecule has 0 unspecified atom stereocenters. The van der Waals surface area contributed by atoms with Crippen molar-refractivity contribution in [3.05, 3.63) is 30.1 Å². The molecule has 2 aliphatic carbocycles. The van der Waals surface area contributed by atoms with Crippen molar-refractivity contribution in [2.75, 3.05) is 26.2 Å². The van der Waals surface area contributed by atoms with Gasteiger partial charge in [-0.3, -0.25) is 0 Å². The molecule has 1 aromatic rings. The smallest absolute Gasteiger partial charge is 0.243 e. The molecule has 142 valence electrons. The fourth-order valence-electron chi connectivity index (χ4n) is 4.58. The molecule has 0 spiro atoms. The molecule has 0 amide bonds. The van der Waals surface area contributed by atoms with Crippen LogP contribution in [0.4, 0.5) is 4.39 Å². The Labute approximate surface area is 159 Å². The predicted molar refractivity (Wildman–Crippen MR) is 102 cm³/mol. The third-order valence-electron chi connectivity index (χ3n) is 6.01. The van der Waals surface area contributed by atoms with Gasteiger partial charge in [0.1, 0.15) is 5.82 Å². The Morgan fingerprint density at radius 2 is 1.92 bits per heavy atom. The van der Waals surface area contributed by atoms with E-state index in [2.05, 4.69) is 10.2 Å². The van der Waals surface area contributed by atoms with Crippen molar-refractivity contribution in [3.8, 4) is 0 Å². The van der Waals surface area contributed by atoms with Gasteiger partial charge < -0.3 is 10.2 Å². The Bertz CT molecular complexity index is 793. The molecule has 3 fully saturated rings. The lowest BCUT2D eigenvalue weighted by Crippen LogP contribution is -2.54. The molecule has 1 saturated heterocycles. The topological polar surface area (TPSA) is 52.7 Å². The monoisotopic (exact) mass is 397 g/mol. The summed E-state index contributed by atoms with van der Waals surface area (Å²) in [7, 11) is -3.66. The second kappa shape index (κ2) is 7.05. The zero-order valence-electron chi connectivity index (χ0n) is 14.6. The molecule has 2 bridgehead atoms. The average molecular weight is 398 g/mol. The largest absolute Gasteiger partial charge is 0.360 e. The molecule has 1 heterocycles. The van der Waals surface area contributed by atoms with Crippen molar-refractivity contribution < 1.29 is 12.8 Å². The number of nitrogens with zero attached hydrogens (tertiary/aromatic N) is 2. The summed E-state index contributed by atoms with van der Waals surface area (Å²) in [5.41, 5.74) is 0. The van der Waals surface area contributed by atoms with Gasteiger partial charge in [0.2, 0.25) is 10.0 Å². The van der Waals surface area contributed by atoms with Gasteiger partial charge in [-0.25, -0.2) is 12.8 Å². The Balaban J connectivity index is 1.34. The second-order valence-electron chi connectivity index (χ2n) is 7.58. The van der Waals surface area contributed by atoms with E-state index in [4.69, 9.17) is 12.2 Å². The van der Waals surface area contributed by atoms with Crippen LogP contribution in [0, 0.1) is 17.7 Å². The van der Waals surface area contributed by atoms with E-state index in [1.165, 1.54) is 48.2 Å². The van der Waals surface area contributed by atoms with Gasteiger partial charge in [-0.05, 0) is 61.5 Å². The fraction of sp³-hybridized carbons (Fsp3) is 0.611. The Kier molecular flexibility index (Phi) is 4.92. The van der Waals surface area contributed by atoms with Crippen LogP contribution in [0.1, 0.15) is 25.7 Å². The number of piperazine rings is 1. The zero-order chi connectivity index (χ0) is 18.3. The van der Waals surface area contributed by atoms with Gasteiger partial charge in [0.25, 0.3) is 0 Å². The van der Waals surface area contributed by atoms with Gasteiger partial charge in [0.05, 0.1) is 4.90 Å². The summed E-state index contributed by atoms with van der Waals surface area (Å²) in [6.45, 7) is 1.83. The molecule has 26 heavy (non-hydrogen) atoms. The fourth-order valence-corrected chi connectivity index (χ4v) is 6.37. The summed E-state index contributed by atoms with van der Waals surface area (Å²) in [6.07, 6.45) is 5.18. The molecule has 0 aromatic heterocycles. The van der Waals surface area contributed by atoms with E-state index >= 15 is 0 Å². The number of hydrogen-bond donors (Lipinski definition) is 1. The first kappa shape index (κ1) is 18.1. The van der Waals surface area contributed by atoms with Crippen LogP contribution in [-0.4, -0.2) is 55.0 Å². The third-order valence-corrected chi connectivity index (χ3v) is 8.28. The minimum absolute atomic E-state index is 0.00799. The molecule has 5 nitrogen and oxygen atoms in total. The molecular weight excluding hydrogens is 373 g/mol. The van der Waals surface area contributed by atoms with Crippen LogP contribution >= 0.6 is 12.2 Å². The normalized spacial score (nSPS) is 29.1. The highest BCUT2D eigenvalue weighted by Gasteiger charge is 2.40. The molecule has 3 aliphatic rings. The number of halogens is 1. The summed E-state index contributed by atoms with van der Waals surface area (Å²) in [6, 6.07) is 5.66. The number of thiocarbonyl (C=S) groups is 1. The highest BCUT2D eigenvalue weighted by Crippen LogP contribution is 2.44. The van der Waals surface area contributed by atoms with Crippen LogP contribution in [0.15, 0.2) is 29.2 Å². The van der Waals surface area contributed by atoms with Gasteiger partial charge in [-0.2, -0.15) is 4.31 Å². The van der Waals surface area contributed by atoms with Crippen LogP contribution in [0.3, 0.4) is 0 Å². The second-order valence-corrected chi connectivity index (χ2v) is 9.90. The van der Waals surface area contributed by atoms with Gasteiger partial charge in [0.15, 0.2) is 5.11 Å². The molecule has 8 heteroatoms. The first-order chi connectivity index (χ1) is 12.4. The van der Waals surface area contributed by atoms with E-state index in [0.29, 0.717) is 32.2 Å². The van der Waals surface area contributed by atoms with E-state index in [1.54, 1.807) is 0 Å². The van der Waals surface area contributed by atoms with Crippen LogP contribution in [-0.2, 0) is 10.0 Å². The van der Waals surface area contributed by atoms with Crippen molar-refractivity contribution in [3.63, 3.8) is 0 Å². The SMILES string of the molecule is O=S(=O)(c1cccc(F)c1)N1CCN(C(=S)N[C@H]2C[C@H]3CC[C@@H]2C3)CC1. The zero-order valence-corrected chi connectivity index (χ0v) is 16.2. The number of rotatable bonds is 3. The Morgan fingerprint density at radius 3 is 2.54 bits per heavy atom. The molecule has 2 saturated carbocycles. The summed E-state index contributed by atoms with van der Waals surface area (Å²) in [5.74, 6) is 1.06. The standard InChI is InChI=1S/C18H24FN3O2S2/c19-15-2-1-3-16(12-15)26(23,24)22-8-6-21(7-9-22)18(25)20-17-11-13-4-5-14(17)10-13/h1-3,12-14,17H,4-11H2,(H,20,25)/t13-,14+,17-/m0/s1. The molecular formula is C18H24FN3O2S2. The lowest BCUT2D eigenvalue weighted by atomic mass is 9.95. The molecule has 1 aromatic carbocycles. The predicted octanol–water partition coefficient (Wildman–Crippen LogP) is 2.20. The van der Waals surface area contributed by atoms with Gasteiger partial charge >= 0.3 is 0 Å². The Morgan fingerprint density at radius 1 is 1.15 bits per heavy atom. The van der Waals surface area contributed by atoms with Gasteiger partial charge in [0, 0.05) is 32.2 Å². The van der Waals surface area contributed by atoms with Crippen molar-refractivity contribution >= 4 is 27.4 Å². The first-order valence-electron chi connectivity index (χ1n) is 9.24. The molecule has 3 atom stereocenters. The minimum Gasteiger partial charge on any atom is -0.360 e. The van der Waals surface area contributed by atoms with E-state index < -0.39 is 15.8 Å². The minimum atomic E-state index is -3.66. The number of sulfonamides is 1. The van der Waals surface area contributed by atoms with Crippen molar-refractivity contribution in [1.29, 1.82) is 0 Å². The van der Waals surface area contributed by atoms with Crippen molar-refractivity contribution in [1.82, 2.24) is 14.5 Å². The van der Waals surface area contributed by atoms with Gasteiger partial charge in [-0.15, -0.1) is 0 Å². The average Bonchev–Trinajstić information content (AvgIpc) is 3.25. The van der Waals surface area contributed by atoms with E-state index in [1.807, 2.05) is 0 Å². The first-order valence-corrected chi connectivity index (χ1v) is 11.1. The summed E-state index contributed by atoms with van der Waals surface area (Å²) < 4.78 is 40.1. The molecule has 1 N–H and O–H groups in total. The molecule has 0 radical (unpaired) electrons. The third kappa shape index (κ3) is 3.46. The van der Waals surface area contributed by atoms with Crippen LogP contribution in [0.2, 0.25) is 0 Å². The quantitative estimate of drug-likeness (QED) is 0.793. The molecule has 1 aliphatic heterocycles. The van der Waals surface area contributed by atoms with Crippen molar-refractivity contribution in [2.45, 2.75) is 36.6 Å². The maximum Gasteiger partial charge on any atom is 0.243 e.